The highest BCUT2D eigenvalue weighted by atomic mass is 35.5. The second-order valence-electron chi connectivity index (χ2n) is 5.88. The third-order valence-corrected chi connectivity index (χ3v) is 3.83. The number of rotatable bonds is 4. The number of ether oxygens (including phenoxy) is 1. The van der Waals surface area contributed by atoms with Crippen molar-refractivity contribution in [1.82, 2.24) is 10.6 Å². The van der Waals surface area contributed by atoms with Crippen molar-refractivity contribution < 1.29 is 14.3 Å². The van der Waals surface area contributed by atoms with Crippen molar-refractivity contribution in [2.24, 2.45) is 0 Å². The molecule has 1 heterocycles. The van der Waals surface area contributed by atoms with Gasteiger partial charge >= 0.3 is 0 Å². The summed E-state index contributed by atoms with van der Waals surface area (Å²) in [5.41, 5.74) is -1.08. The molecular weight excluding hydrogens is 304 g/mol. The van der Waals surface area contributed by atoms with Crippen molar-refractivity contribution in [2.45, 2.75) is 44.8 Å². The van der Waals surface area contributed by atoms with E-state index in [0.717, 1.165) is 12.8 Å². The Hall–Kier alpha value is -1.75. The summed E-state index contributed by atoms with van der Waals surface area (Å²) in [6.07, 6.45) is 2.49. The molecule has 1 aliphatic rings. The molecule has 0 radical (unpaired) electrons. The van der Waals surface area contributed by atoms with Crippen LogP contribution in [0.2, 0.25) is 5.02 Å². The van der Waals surface area contributed by atoms with Crippen LogP contribution in [-0.2, 0) is 9.59 Å². The third-order valence-electron chi connectivity index (χ3n) is 3.57. The second-order valence-corrected chi connectivity index (χ2v) is 6.32. The highest BCUT2D eigenvalue weighted by Gasteiger charge is 2.33. The Morgan fingerprint density at radius 3 is 2.68 bits per heavy atom. The van der Waals surface area contributed by atoms with Crippen molar-refractivity contribution >= 4 is 23.4 Å². The van der Waals surface area contributed by atoms with Crippen molar-refractivity contribution in [3.8, 4) is 5.75 Å². The minimum absolute atomic E-state index is 0.131. The summed E-state index contributed by atoms with van der Waals surface area (Å²) in [4.78, 5) is 24.3. The number of halogens is 1. The van der Waals surface area contributed by atoms with Crippen LogP contribution in [0.5, 0.6) is 5.75 Å². The van der Waals surface area contributed by atoms with Gasteiger partial charge in [-0.05, 0) is 57.4 Å². The molecule has 1 fully saturated rings. The van der Waals surface area contributed by atoms with Crippen LogP contribution in [0.15, 0.2) is 24.3 Å². The first kappa shape index (κ1) is 16.6. The number of carbonyl (C=O) groups excluding carboxylic acids is 2. The summed E-state index contributed by atoms with van der Waals surface area (Å²) in [6, 6.07) is 6.31. The minimum atomic E-state index is -1.08. The molecule has 120 valence electrons. The van der Waals surface area contributed by atoms with E-state index >= 15 is 0 Å². The molecule has 1 aromatic rings. The minimum Gasteiger partial charge on any atom is -0.478 e. The van der Waals surface area contributed by atoms with Gasteiger partial charge in [0, 0.05) is 11.6 Å². The van der Waals surface area contributed by atoms with Crippen molar-refractivity contribution in [1.29, 1.82) is 0 Å². The van der Waals surface area contributed by atoms with Gasteiger partial charge in [-0.25, -0.2) is 0 Å². The maximum atomic E-state index is 12.4. The number of benzene rings is 1. The Morgan fingerprint density at radius 2 is 2.00 bits per heavy atom. The van der Waals surface area contributed by atoms with Gasteiger partial charge in [-0.3, -0.25) is 9.59 Å². The van der Waals surface area contributed by atoms with E-state index in [2.05, 4.69) is 10.6 Å². The highest BCUT2D eigenvalue weighted by Crippen LogP contribution is 2.21. The molecule has 2 N–H and O–H groups in total. The Bertz CT molecular complexity index is 543. The van der Waals surface area contributed by atoms with E-state index in [1.165, 1.54) is 0 Å². The van der Waals surface area contributed by atoms with Crippen molar-refractivity contribution in [3.63, 3.8) is 0 Å². The average Bonchev–Trinajstić information content (AvgIpc) is 2.66. The Balaban J connectivity index is 1.99. The first-order valence-electron chi connectivity index (χ1n) is 7.42. The lowest BCUT2D eigenvalue weighted by molar-refractivity contribution is -0.137. The van der Waals surface area contributed by atoms with Gasteiger partial charge in [0.15, 0.2) is 5.60 Å². The van der Waals surface area contributed by atoms with Crippen molar-refractivity contribution in [3.05, 3.63) is 29.3 Å². The fraction of sp³-hybridized carbons (Fsp3) is 0.500. The Morgan fingerprint density at radius 1 is 1.32 bits per heavy atom. The molecule has 5 nitrogen and oxygen atoms in total. The second kappa shape index (κ2) is 7.01. The fourth-order valence-corrected chi connectivity index (χ4v) is 2.38. The van der Waals surface area contributed by atoms with E-state index in [4.69, 9.17) is 16.3 Å². The zero-order valence-corrected chi connectivity index (χ0v) is 13.6. The predicted octanol–water partition coefficient (Wildman–Crippen LogP) is 2.28. The molecule has 1 atom stereocenters. The molecular formula is C16H21ClN2O3. The monoisotopic (exact) mass is 324 g/mol. The van der Waals surface area contributed by atoms with E-state index in [1.54, 1.807) is 38.1 Å². The standard InChI is InChI=1S/C16H21ClN2O3/c1-16(2,22-12-8-6-11(17)7-9-12)15(21)19-13-5-3-4-10-18-14(13)20/h6-9,13H,3-5,10H2,1-2H3,(H,18,20)(H,19,21). The van der Waals surface area contributed by atoms with Crippen LogP contribution in [0.1, 0.15) is 33.1 Å². The van der Waals surface area contributed by atoms with Crippen LogP contribution in [0, 0.1) is 0 Å². The lowest BCUT2D eigenvalue weighted by Gasteiger charge is -2.27. The molecule has 1 unspecified atom stereocenters. The van der Waals surface area contributed by atoms with Crippen LogP contribution in [0.4, 0.5) is 0 Å². The first-order chi connectivity index (χ1) is 10.4. The topological polar surface area (TPSA) is 67.4 Å². The maximum Gasteiger partial charge on any atom is 0.264 e. The van der Waals surface area contributed by atoms with Crippen molar-refractivity contribution in [2.75, 3.05) is 6.54 Å². The zero-order chi connectivity index (χ0) is 16.2. The summed E-state index contributed by atoms with van der Waals surface area (Å²) >= 11 is 5.83. The summed E-state index contributed by atoms with van der Waals surface area (Å²) < 4.78 is 5.72. The molecule has 22 heavy (non-hydrogen) atoms. The third kappa shape index (κ3) is 4.37. The number of carbonyl (C=O) groups is 2. The summed E-state index contributed by atoms with van der Waals surface area (Å²) in [7, 11) is 0. The Kier molecular flexibility index (Phi) is 5.29. The number of amides is 2. The zero-order valence-electron chi connectivity index (χ0n) is 12.8. The fourth-order valence-electron chi connectivity index (χ4n) is 2.25. The predicted molar refractivity (Wildman–Crippen MR) is 85.0 cm³/mol. The number of hydrogen-bond acceptors (Lipinski definition) is 3. The van der Waals surface area contributed by atoms with E-state index in [1.807, 2.05) is 0 Å². The van der Waals surface area contributed by atoms with Gasteiger partial charge in [-0.1, -0.05) is 11.6 Å². The van der Waals surface area contributed by atoms with Crippen LogP contribution >= 0.6 is 11.6 Å². The van der Waals surface area contributed by atoms with E-state index < -0.39 is 11.6 Å². The van der Waals surface area contributed by atoms with E-state index in [9.17, 15) is 9.59 Å². The quantitative estimate of drug-likeness (QED) is 0.893. The largest absolute Gasteiger partial charge is 0.478 e. The van der Waals surface area contributed by atoms with Crippen LogP contribution < -0.4 is 15.4 Å². The van der Waals surface area contributed by atoms with Crippen LogP contribution in [0.3, 0.4) is 0 Å². The molecule has 0 saturated carbocycles. The van der Waals surface area contributed by atoms with Gasteiger partial charge in [-0.15, -0.1) is 0 Å². The van der Waals surface area contributed by atoms with Gasteiger partial charge in [-0.2, -0.15) is 0 Å². The molecule has 1 aliphatic heterocycles. The highest BCUT2D eigenvalue weighted by molar-refractivity contribution is 6.30. The van der Waals surface area contributed by atoms with Gasteiger partial charge in [0.2, 0.25) is 5.91 Å². The smallest absolute Gasteiger partial charge is 0.264 e. The molecule has 2 amide bonds. The maximum absolute atomic E-state index is 12.4. The molecule has 0 aliphatic carbocycles. The molecule has 1 saturated heterocycles. The molecule has 0 spiro atoms. The molecule has 6 heteroatoms. The van der Waals surface area contributed by atoms with Crippen LogP contribution in [0.25, 0.3) is 0 Å². The lowest BCUT2D eigenvalue weighted by Crippen LogP contribution is -2.53. The Labute approximate surface area is 135 Å². The first-order valence-corrected chi connectivity index (χ1v) is 7.79. The van der Waals surface area contributed by atoms with E-state index in [0.29, 0.717) is 23.7 Å². The lowest BCUT2D eigenvalue weighted by atomic mass is 10.1. The average molecular weight is 325 g/mol. The molecule has 1 aromatic carbocycles. The summed E-state index contributed by atoms with van der Waals surface area (Å²) in [6.45, 7) is 4.01. The normalized spacial score (nSPS) is 19.0. The molecule has 0 aromatic heterocycles. The molecule has 0 bridgehead atoms. The number of hydrogen-bond donors (Lipinski definition) is 2. The SMILES string of the molecule is CC(C)(Oc1ccc(Cl)cc1)C(=O)NC1CCCCNC1=O. The summed E-state index contributed by atoms with van der Waals surface area (Å²) in [5, 5.41) is 6.18. The summed E-state index contributed by atoms with van der Waals surface area (Å²) in [5.74, 6) is 0.104. The van der Waals surface area contributed by atoms with E-state index in [-0.39, 0.29) is 11.8 Å². The van der Waals surface area contributed by atoms with Gasteiger partial charge in [0.25, 0.3) is 5.91 Å². The van der Waals surface area contributed by atoms with Gasteiger partial charge < -0.3 is 15.4 Å². The van der Waals surface area contributed by atoms with Gasteiger partial charge in [0.05, 0.1) is 0 Å². The van der Waals surface area contributed by atoms with Gasteiger partial charge in [0.1, 0.15) is 11.8 Å². The van der Waals surface area contributed by atoms with Crippen LogP contribution in [-0.4, -0.2) is 30.0 Å². The molecule has 2 rings (SSSR count). The number of nitrogens with one attached hydrogen (secondary N) is 2.